The zero-order valence-electron chi connectivity index (χ0n) is 10.7. The molecule has 0 aliphatic heterocycles. The van der Waals surface area contributed by atoms with Crippen molar-refractivity contribution >= 4 is 34.8 Å². The molecule has 9 heteroatoms. The molecule has 0 spiro atoms. The molecule has 22 heavy (non-hydrogen) atoms. The van der Waals surface area contributed by atoms with Gasteiger partial charge in [0.25, 0.3) is 0 Å². The molecule has 118 valence electrons. The zero-order chi connectivity index (χ0) is 16.3. The predicted molar refractivity (Wildman–Crippen MR) is 75.6 cm³/mol. The monoisotopic (exact) mass is 457 g/mol. The van der Waals surface area contributed by atoms with Gasteiger partial charge in [0.2, 0.25) is 0 Å². The average molecular weight is 458 g/mol. The van der Waals surface area contributed by atoms with E-state index in [4.69, 9.17) is 28.4 Å². The molecule has 0 aromatic heterocycles. The summed E-state index contributed by atoms with van der Waals surface area (Å²) in [5, 5.41) is 22.4. The molecular formula is C13H9Cl2FIN2O3-. The number of carbonyl (C=O) groups is 1. The van der Waals surface area contributed by atoms with Crippen LogP contribution in [0.2, 0.25) is 10.0 Å². The van der Waals surface area contributed by atoms with E-state index in [0.29, 0.717) is 9.26 Å². The van der Waals surface area contributed by atoms with Gasteiger partial charge < -0.3 is 0 Å². The number of hydrogen-bond donors (Lipinski definition) is 3. The summed E-state index contributed by atoms with van der Waals surface area (Å²) in [6.07, 6.45) is 0. The molecule has 0 radical (unpaired) electrons. The number of carbonyl (C=O) groups excluding carboxylic acids is 1. The van der Waals surface area contributed by atoms with Crippen LogP contribution in [0.5, 0.6) is 0 Å². The molecule has 2 aromatic rings. The maximum atomic E-state index is 12.8. The maximum absolute atomic E-state index is 12.8. The Morgan fingerprint density at radius 2 is 1.86 bits per heavy atom. The molecule has 2 aromatic carbocycles. The first-order valence-corrected chi connectivity index (χ1v) is 8.72. The second-order valence-electron chi connectivity index (χ2n) is 4.03. The Kier molecular flexibility index (Phi) is 5.95. The Morgan fingerprint density at radius 1 is 1.23 bits per heavy atom. The van der Waals surface area contributed by atoms with Gasteiger partial charge in [-0.3, -0.25) is 0 Å². The van der Waals surface area contributed by atoms with E-state index in [9.17, 15) is 14.4 Å². The van der Waals surface area contributed by atoms with E-state index in [1.807, 2.05) is 0 Å². The molecule has 3 N–H and O–H groups in total. The molecule has 1 unspecified atom stereocenters. The molecule has 2 rings (SSSR count). The van der Waals surface area contributed by atoms with Crippen LogP contribution < -0.4 is 30.2 Å². The van der Waals surface area contributed by atoms with Crippen molar-refractivity contribution < 1.29 is 39.3 Å². The third-order valence-corrected chi connectivity index (χ3v) is 5.52. The van der Waals surface area contributed by atoms with Gasteiger partial charge in [0.15, 0.2) is 0 Å². The second-order valence-corrected chi connectivity index (χ2v) is 7.44. The van der Waals surface area contributed by atoms with Crippen LogP contribution in [0.4, 0.5) is 10.1 Å². The summed E-state index contributed by atoms with van der Waals surface area (Å²) in [5.74, 6) is -1.01. The molecule has 5 nitrogen and oxygen atoms in total. The van der Waals surface area contributed by atoms with Crippen LogP contribution in [-0.4, -0.2) is 11.1 Å². The molecule has 0 heterocycles. The van der Waals surface area contributed by atoms with E-state index >= 15 is 0 Å². The van der Waals surface area contributed by atoms with Crippen LogP contribution in [0.1, 0.15) is 10.4 Å². The normalized spacial score (nSPS) is 12.2. The van der Waals surface area contributed by atoms with Gasteiger partial charge in [-0.2, -0.15) is 0 Å². The molecule has 0 fully saturated rings. The quantitative estimate of drug-likeness (QED) is 0.247. The Morgan fingerprint density at radius 3 is 2.45 bits per heavy atom. The van der Waals surface area contributed by atoms with Crippen molar-refractivity contribution in [1.82, 2.24) is 0 Å². The summed E-state index contributed by atoms with van der Waals surface area (Å²) in [6, 6.07) is 8.12. The number of halogens is 4. The Hall–Kier alpha value is -0.970. The fourth-order valence-electron chi connectivity index (χ4n) is 1.62. The van der Waals surface area contributed by atoms with Crippen molar-refractivity contribution in [3.8, 4) is 0 Å². The number of anilines is 1. The first-order chi connectivity index (χ1) is 10.4. The van der Waals surface area contributed by atoms with E-state index < -0.39 is 36.6 Å². The second kappa shape index (κ2) is 7.53. The molecule has 0 aliphatic carbocycles. The number of amides is 1. The van der Waals surface area contributed by atoms with E-state index in [0.717, 1.165) is 0 Å². The van der Waals surface area contributed by atoms with Crippen molar-refractivity contribution in [3.63, 3.8) is 0 Å². The minimum absolute atomic E-state index is 0.00566. The van der Waals surface area contributed by atoms with E-state index in [-0.39, 0.29) is 15.6 Å². The van der Waals surface area contributed by atoms with Gasteiger partial charge in [-0.25, -0.2) is 0 Å². The summed E-state index contributed by atoms with van der Waals surface area (Å²) >= 11 is 10.7. The summed E-state index contributed by atoms with van der Waals surface area (Å²) in [6.45, 7) is 0. The number of nitrogens with one attached hydrogen (secondary N) is 2. The third kappa shape index (κ3) is 4.28. The van der Waals surface area contributed by atoms with Crippen molar-refractivity contribution in [3.05, 3.63) is 66.6 Å². The molecule has 1 amide bonds. The minimum atomic E-state index is -1.38. The van der Waals surface area contributed by atoms with Gasteiger partial charge in [-0.15, -0.1) is 0 Å². The van der Waals surface area contributed by atoms with Crippen LogP contribution in [-0.2, 0) is 0 Å². The van der Waals surface area contributed by atoms with Crippen molar-refractivity contribution in [2.75, 3.05) is 5.32 Å². The van der Waals surface area contributed by atoms with E-state index in [1.54, 1.807) is 0 Å². The topological polar surface area (TPSA) is 76.8 Å². The fourth-order valence-corrected chi connectivity index (χ4v) is 3.77. The first kappa shape index (κ1) is 17.4. The van der Waals surface area contributed by atoms with Gasteiger partial charge in [-0.05, 0) is 0 Å². The Bertz CT molecular complexity index is 698. The number of rotatable bonds is 4. The number of hydrogen-bond acceptors (Lipinski definition) is 3. The average Bonchev–Trinajstić information content (AvgIpc) is 2.44. The number of benzene rings is 2. The molecule has 0 aliphatic rings. The van der Waals surface area contributed by atoms with Crippen LogP contribution in [0, 0.1) is 14.6 Å². The van der Waals surface area contributed by atoms with Gasteiger partial charge >= 0.3 is 146 Å². The van der Waals surface area contributed by atoms with Gasteiger partial charge in [-0.1, -0.05) is 0 Å². The number of quaternary nitrogens is 1. The van der Waals surface area contributed by atoms with E-state index in [1.165, 1.54) is 36.4 Å². The Labute approximate surface area is 145 Å². The fraction of sp³-hybridized carbons (Fsp3) is 0. The van der Waals surface area contributed by atoms with Crippen LogP contribution >= 0.6 is 23.2 Å². The summed E-state index contributed by atoms with van der Waals surface area (Å²) in [4.78, 5) is 12.3. The van der Waals surface area contributed by atoms with Crippen molar-refractivity contribution in [2.45, 2.75) is 0 Å². The van der Waals surface area contributed by atoms with Crippen LogP contribution in [0.25, 0.3) is 0 Å². The molecule has 0 bridgehead atoms. The summed E-state index contributed by atoms with van der Waals surface area (Å²) in [5.41, 5.74) is 0.378. The SMILES string of the molecule is O=C(Nc1ccc(F)cc1)c1c(Cl)ccc([I-][NH+]([O-])O)c1Cl. The van der Waals surface area contributed by atoms with E-state index in [2.05, 4.69) is 5.32 Å². The van der Waals surface area contributed by atoms with Gasteiger partial charge in [0.1, 0.15) is 0 Å². The molecule has 0 saturated heterocycles. The van der Waals surface area contributed by atoms with Crippen LogP contribution in [0.3, 0.4) is 0 Å². The van der Waals surface area contributed by atoms with Gasteiger partial charge in [0.05, 0.1) is 0 Å². The Balaban J connectivity index is 2.30. The zero-order valence-corrected chi connectivity index (χ0v) is 14.4. The third-order valence-electron chi connectivity index (χ3n) is 2.56. The van der Waals surface area contributed by atoms with Crippen LogP contribution in [0.15, 0.2) is 36.4 Å². The standard InChI is InChI=1S/C13H9Cl2FIN2O3/c14-9-5-6-10(17-19(21)22)12(15)11(9)13(20)18-8-3-1-7(16)2-4-8/h1-6,19,21H,(H,18,20)/q-1. The van der Waals surface area contributed by atoms with Crippen molar-refractivity contribution in [2.24, 2.45) is 0 Å². The molecular weight excluding hydrogens is 449 g/mol. The predicted octanol–water partition coefficient (Wildman–Crippen LogP) is -0.670. The molecule has 0 saturated carbocycles. The first-order valence-electron chi connectivity index (χ1n) is 5.81. The van der Waals surface area contributed by atoms with Crippen molar-refractivity contribution in [1.29, 1.82) is 0 Å². The van der Waals surface area contributed by atoms with Gasteiger partial charge in [0, 0.05) is 0 Å². The summed E-state index contributed by atoms with van der Waals surface area (Å²) < 4.78 is 12.3. The molecule has 1 atom stereocenters. The summed E-state index contributed by atoms with van der Waals surface area (Å²) in [7, 11) is 0.